The summed E-state index contributed by atoms with van der Waals surface area (Å²) in [7, 11) is 0. The highest BCUT2D eigenvalue weighted by Crippen LogP contribution is 2.22. The molecule has 0 aromatic heterocycles. The number of aliphatic hydroxyl groups is 1. The second-order valence-corrected chi connectivity index (χ2v) is 5.28. The Morgan fingerprint density at radius 2 is 2.27 bits per heavy atom. The molecule has 1 aliphatic rings. The summed E-state index contributed by atoms with van der Waals surface area (Å²) >= 11 is 0. The molecule has 0 saturated carbocycles. The zero-order chi connectivity index (χ0) is 11.5. The van der Waals surface area contributed by atoms with Crippen molar-refractivity contribution in [3.63, 3.8) is 0 Å². The van der Waals surface area contributed by atoms with E-state index >= 15 is 0 Å². The Kier molecular flexibility index (Phi) is 3.76. The maximum absolute atomic E-state index is 9.47. The van der Waals surface area contributed by atoms with Crippen molar-refractivity contribution in [2.75, 3.05) is 13.1 Å². The minimum absolute atomic E-state index is 0.170. The molecule has 1 heterocycles. The van der Waals surface area contributed by atoms with Gasteiger partial charge in [0.1, 0.15) is 5.84 Å². The van der Waals surface area contributed by atoms with Gasteiger partial charge in [0.05, 0.1) is 6.10 Å². The second kappa shape index (κ2) is 4.67. The first-order valence-corrected chi connectivity index (χ1v) is 5.37. The average molecular weight is 208 g/mol. The molecular weight excluding hydrogens is 188 g/mol. The molecule has 0 amide bonds. The highest BCUT2D eigenvalue weighted by Gasteiger charge is 2.25. The van der Waals surface area contributed by atoms with Crippen LogP contribution in [0.1, 0.15) is 33.6 Å². The number of hydrogen-bond acceptors (Lipinski definition) is 2. The molecule has 3 heteroatoms. The Labute approximate surface area is 92.2 Å². The van der Waals surface area contributed by atoms with E-state index < -0.39 is 0 Å². The van der Waals surface area contributed by atoms with Gasteiger partial charge in [-0.05, 0) is 11.8 Å². The Morgan fingerprint density at radius 3 is 2.67 bits per heavy atom. The zero-order valence-electron chi connectivity index (χ0n) is 9.82. The first-order valence-electron chi connectivity index (χ1n) is 5.37. The van der Waals surface area contributed by atoms with E-state index in [4.69, 9.17) is 6.42 Å². The smallest absolute Gasteiger partial charge is 0.116 e. The van der Waals surface area contributed by atoms with E-state index in [0.29, 0.717) is 6.54 Å². The molecule has 0 aromatic carbocycles. The topological polar surface area (TPSA) is 35.8 Å². The Bertz CT molecular complexity index is 283. The van der Waals surface area contributed by atoms with Gasteiger partial charge in [0.15, 0.2) is 0 Å². The Morgan fingerprint density at radius 1 is 1.60 bits per heavy atom. The average Bonchev–Trinajstić information content (AvgIpc) is 2.48. The van der Waals surface area contributed by atoms with Crippen LogP contribution in [-0.4, -0.2) is 35.0 Å². The van der Waals surface area contributed by atoms with Crippen molar-refractivity contribution in [3.8, 4) is 12.5 Å². The quantitative estimate of drug-likeness (QED) is 0.402. The Balaban J connectivity index is 2.68. The molecule has 0 bridgehead atoms. The standard InChI is InChI=1S/C12H20N2O/c1-5-13-11(8-12(2,3)4)14-7-6-10(15)9-14/h1,10,15H,6-9H2,2-4H3/t10-/m0/s1. The molecule has 1 rings (SSSR count). The first kappa shape index (κ1) is 12.1. The van der Waals surface area contributed by atoms with Crippen LogP contribution in [0, 0.1) is 17.9 Å². The number of likely N-dealkylation sites (tertiary alicyclic amines) is 1. The summed E-state index contributed by atoms with van der Waals surface area (Å²) < 4.78 is 0. The summed E-state index contributed by atoms with van der Waals surface area (Å²) in [5.41, 5.74) is 0.170. The van der Waals surface area contributed by atoms with Gasteiger partial charge in [0, 0.05) is 25.6 Å². The van der Waals surface area contributed by atoms with Crippen LogP contribution in [-0.2, 0) is 0 Å². The predicted octanol–water partition coefficient (Wildman–Crippen LogP) is 1.48. The van der Waals surface area contributed by atoms with Crippen molar-refractivity contribution in [2.24, 2.45) is 10.4 Å². The van der Waals surface area contributed by atoms with Gasteiger partial charge in [-0.3, -0.25) is 0 Å². The molecule has 0 radical (unpaired) electrons. The number of aliphatic imine (C=N–C) groups is 1. The number of rotatable bonds is 1. The summed E-state index contributed by atoms with van der Waals surface area (Å²) in [6.07, 6.45) is 6.66. The zero-order valence-corrected chi connectivity index (χ0v) is 9.82. The lowest BCUT2D eigenvalue weighted by molar-refractivity contribution is 0.187. The van der Waals surface area contributed by atoms with Gasteiger partial charge in [0.25, 0.3) is 0 Å². The maximum atomic E-state index is 9.47. The molecule has 1 aliphatic heterocycles. The van der Waals surface area contributed by atoms with Crippen LogP contribution >= 0.6 is 0 Å². The van der Waals surface area contributed by atoms with Gasteiger partial charge in [0.2, 0.25) is 0 Å². The molecule has 1 atom stereocenters. The number of nitrogens with zero attached hydrogens (tertiary/aromatic N) is 2. The lowest BCUT2D eigenvalue weighted by Crippen LogP contribution is -2.32. The largest absolute Gasteiger partial charge is 0.391 e. The van der Waals surface area contributed by atoms with Gasteiger partial charge in [-0.15, -0.1) is 0 Å². The number of β-amino-alcohol motifs (C(OH)–C–C–N with tert-alkyl or cyclic N) is 1. The highest BCUT2D eigenvalue weighted by atomic mass is 16.3. The SMILES string of the molecule is C#CN=C(CC(C)(C)C)N1CC[C@H](O)C1. The molecule has 1 N–H and O–H groups in total. The third kappa shape index (κ3) is 3.93. The molecular formula is C12H20N2O. The van der Waals surface area contributed by atoms with E-state index in [1.807, 2.05) is 0 Å². The van der Waals surface area contributed by atoms with Gasteiger partial charge in [-0.2, -0.15) is 4.99 Å². The van der Waals surface area contributed by atoms with E-state index in [0.717, 1.165) is 25.2 Å². The monoisotopic (exact) mass is 208 g/mol. The van der Waals surface area contributed by atoms with E-state index in [1.165, 1.54) is 0 Å². The molecule has 15 heavy (non-hydrogen) atoms. The summed E-state index contributed by atoms with van der Waals surface area (Å²) in [4.78, 5) is 6.18. The van der Waals surface area contributed by atoms with Crippen LogP contribution in [0.5, 0.6) is 0 Å². The molecule has 0 aromatic rings. The first-order chi connectivity index (χ1) is 6.92. The minimum Gasteiger partial charge on any atom is -0.391 e. The molecule has 1 saturated heterocycles. The van der Waals surface area contributed by atoms with E-state index in [1.54, 1.807) is 0 Å². The highest BCUT2D eigenvalue weighted by molar-refractivity contribution is 5.84. The van der Waals surface area contributed by atoms with Crippen LogP contribution < -0.4 is 0 Å². The van der Waals surface area contributed by atoms with Crippen LogP contribution in [0.4, 0.5) is 0 Å². The molecule has 1 fully saturated rings. The van der Waals surface area contributed by atoms with Crippen molar-refractivity contribution in [1.29, 1.82) is 0 Å². The lowest BCUT2D eigenvalue weighted by atomic mass is 9.91. The van der Waals surface area contributed by atoms with Crippen molar-refractivity contribution in [2.45, 2.75) is 39.7 Å². The van der Waals surface area contributed by atoms with Crippen LogP contribution in [0.25, 0.3) is 0 Å². The minimum atomic E-state index is -0.229. The predicted molar refractivity (Wildman–Crippen MR) is 62.5 cm³/mol. The van der Waals surface area contributed by atoms with Crippen LogP contribution in [0.15, 0.2) is 4.99 Å². The maximum Gasteiger partial charge on any atom is 0.116 e. The third-order valence-electron chi connectivity index (χ3n) is 2.41. The lowest BCUT2D eigenvalue weighted by Gasteiger charge is -2.25. The number of terminal acetylenes is 1. The van der Waals surface area contributed by atoms with Crippen LogP contribution in [0.3, 0.4) is 0 Å². The fraction of sp³-hybridized carbons (Fsp3) is 0.750. The van der Waals surface area contributed by atoms with Gasteiger partial charge < -0.3 is 10.0 Å². The molecule has 3 nitrogen and oxygen atoms in total. The normalized spacial score (nSPS) is 23.0. The van der Waals surface area contributed by atoms with Crippen molar-refractivity contribution >= 4 is 5.84 Å². The van der Waals surface area contributed by atoms with Crippen LogP contribution in [0.2, 0.25) is 0 Å². The number of aliphatic hydroxyl groups excluding tert-OH is 1. The summed E-state index contributed by atoms with van der Waals surface area (Å²) in [5.74, 6) is 0.932. The fourth-order valence-electron chi connectivity index (χ4n) is 1.75. The Hall–Kier alpha value is -1.01. The molecule has 84 valence electrons. The van der Waals surface area contributed by atoms with Crippen molar-refractivity contribution in [3.05, 3.63) is 0 Å². The van der Waals surface area contributed by atoms with E-state index in [2.05, 4.69) is 36.7 Å². The summed E-state index contributed by atoms with van der Waals surface area (Å²) in [5, 5.41) is 9.47. The third-order valence-corrected chi connectivity index (χ3v) is 2.41. The van der Waals surface area contributed by atoms with Crippen molar-refractivity contribution < 1.29 is 5.11 Å². The second-order valence-electron chi connectivity index (χ2n) is 5.28. The van der Waals surface area contributed by atoms with E-state index in [9.17, 15) is 5.11 Å². The molecule has 0 unspecified atom stereocenters. The van der Waals surface area contributed by atoms with Crippen molar-refractivity contribution in [1.82, 2.24) is 4.90 Å². The van der Waals surface area contributed by atoms with Gasteiger partial charge in [-0.25, -0.2) is 0 Å². The van der Waals surface area contributed by atoms with Gasteiger partial charge in [-0.1, -0.05) is 27.2 Å². The number of amidine groups is 1. The van der Waals surface area contributed by atoms with E-state index in [-0.39, 0.29) is 11.5 Å². The number of hydrogen-bond donors (Lipinski definition) is 1. The van der Waals surface area contributed by atoms with Gasteiger partial charge >= 0.3 is 0 Å². The summed E-state index contributed by atoms with van der Waals surface area (Å²) in [6.45, 7) is 8.00. The summed E-state index contributed by atoms with van der Waals surface area (Å²) in [6, 6.07) is 2.35. The fourth-order valence-corrected chi connectivity index (χ4v) is 1.75. The molecule has 0 spiro atoms. The molecule has 0 aliphatic carbocycles.